The van der Waals surface area contributed by atoms with Crippen LogP contribution in [-0.2, 0) is 9.47 Å². The summed E-state index contributed by atoms with van der Waals surface area (Å²) in [6.45, 7) is 1.89. The van der Waals surface area contributed by atoms with Crippen LogP contribution in [0.5, 0.6) is 5.75 Å². The highest BCUT2D eigenvalue weighted by molar-refractivity contribution is 5.89. The fourth-order valence-electron chi connectivity index (χ4n) is 1.09. The first-order valence-electron chi connectivity index (χ1n) is 4.77. The van der Waals surface area contributed by atoms with Gasteiger partial charge in [0.1, 0.15) is 11.6 Å². The summed E-state index contributed by atoms with van der Waals surface area (Å²) < 4.78 is 27.8. The molecule has 0 saturated carbocycles. The lowest BCUT2D eigenvalue weighted by atomic mass is 10.2. The van der Waals surface area contributed by atoms with Crippen LogP contribution in [0.1, 0.15) is 17.3 Å². The first kappa shape index (κ1) is 12.4. The van der Waals surface area contributed by atoms with Crippen molar-refractivity contribution in [1.82, 2.24) is 0 Å². The van der Waals surface area contributed by atoms with Gasteiger partial charge in [0.2, 0.25) is 0 Å². The van der Waals surface area contributed by atoms with Gasteiger partial charge in [0.05, 0.1) is 12.2 Å². The number of hydrogen-bond donors (Lipinski definition) is 0. The van der Waals surface area contributed by atoms with Gasteiger partial charge in [-0.1, -0.05) is 0 Å². The van der Waals surface area contributed by atoms with Crippen molar-refractivity contribution in [1.29, 1.82) is 0 Å². The summed E-state index contributed by atoms with van der Waals surface area (Å²) in [6, 6.07) is 3.91. The second-order valence-electron chi connectivity index (χ2n) is 2.91. The van der Waals surface area contributed by atoms with E-state index < -0.39 is 11.8 Å². The van der Waals surface area contributed by atoms with Crippen molar-refractivity contribution in [2.45, 2.75) is 6.92 Å². The Morgan fingerprint density at radius 1 is 1.44 bits per heavy atom. The summed E-state index contributed by atoms with van der Waals surface area (Å²) in [5.41, 5.74) is -0.105. The van der Waals surface area contributed by atoms with Crippen molar-refractivity contribution in [2.24, 2.45) is 0 Å². The molecule has 0 N–H and O–H groups in total. The number of hydrogen-bond acceptors (Lipinski definition) is 4. The van der Waals surface area contributed by atoms with E-state index in [2.05, 4.69) is 9.47 Å². The third-order valence-electron chi connectivity index (χ3n) is 1.78. The molecule has 16 heavy (non-hydrogen) atoms. The molecule has 0 saturated heterocycles. The first-order valence-corrected chi connectivity index (χ1v) is 4.77. The highest BCUT2D eigenvalue weighted by Gasteiger charge is 2.13. The van der Waals surface area contributed by atoms with E-state index in [-0.39, 0.29) is 19.0 Å². The normalized spacial score (nSPS) is 9.94. The number of esters is 1. The van der Waals surface area contributed by atoms with Crippen molar-refractivity contribution < 1.29 is 23.4 Å². The van der Waals surface area contributed by atoms with Gasteiger partial charge in [-0.15, -0.1) is 0 Å². The van der Waals surface area contributed by atoms with Crippen LogP contribution in [0.25, 0.3) is 0 Å². The van der Waals surface area contributed by atoms with Crippen LogP contribution in [-0.4, -0.2) is 26.5 Å². The number of ether oxygens (including phenoxy) is 3. The van der Waals surface area contributed by atoms with Crippen LogP contribution in [0.15, 0.2) is 18.2 Å². The van der Waals surface area contributed by atoms with Crippen LogP contribution >= 0.6 is 0 Å². The fraction of sp³-hybridized carbons (Fsp3) is 0.364. The third-order valence-corrected chi connectivity index (χ3v) is 1.78. The molecule has 0 fully saturated rings. The van der Waals surface area contributed by atoms with Gasteiger partial charge in [-0.2, -0.15) is 0 Å². The Bertz CT molecular complexity index is 365. The molecular weight excluding hydrogens is 215 g/mol. The highest BCUT2D eigenvalue weighted by Crippen LogP contribution is 2.17. The predicted octanol–water partition coefficient (Wildman–Crippen LogP) is 1.99. The number of carbonyl (C=O) groups is 1. The van der Waals surface area contributed by atoms with Crippen LogP contribution in [0.3, 0.4) is 0 Å². The molecule has 0 spiro atoms. The molecule has 1 aromatic rings. The standard InChI is InChI=1S/C11H13FO4/c1-3-15-11(13)9-5-4-8(6-10(9)12)16-7-14-2/h4-6H,3,7H2,1-2H3. The van der Waals surface area contributed by atoms with Gasteiger partial charge in [-0.25, -0.2) is 9.18 Å². The van der Waals surface area contributed by atoms with Crippen LogP contribution < -0.4 is 4.74 Å². The zero-order valence-electron chi connectivity index (χ0n) is 9.16. The summed E-state index contributed by atoms with van der Waals surface area (Å²) in [5, 5.41) is 0. The molecule has 0 unspecified atom stereocenters. The van der Waals surface area contributed by atoms with Gasteiger partial charge < -0.3 is 14.2 Å². The van der Waals surface area contributed by atoms with Crippen molar-refractivity contribution in [3.63, 3.8) is 0 Å². The van der Waals surface area contributed by atoms with E-state index in [0.717, 1.165) is 6.07 Å². The minimum atomic E-state index is -0.682. The molecule has 5 heteroatoms. The minimum Gasteiger partial charge on any atom is -0.467 e. The molecule has 0 heterocycles. The number of rotatable bonds is 5. The third kappa shape index (κ3) is 3.20. The molecule has 0 atom stereocenters. The smallest absolute Gasteiger partial charge is 0.341 e. The second kappa shape index (κ2) is 6.07. The topological polar surface area (TPSA) is 44.8 Å². The molecule has 88 valence electrons. The van der Waals surface area contributed by atoms with Gasteiger partial charge in [-0.3, -0.25) is 0 Å². The molecule has 0 aliphatic heterocycles. The zero-order valence-corrected chi connectivity index (χ0v) is 9.16. The number of carbonyl (C=O) groups excluding carboxylic acids is 1. The molecule has 4 nitrogen and oxygen atoms in total. The van der Waals surface area contributed by atoms with E-state index in [1.807, 2.05) is 0 Å². The molecule has 1 aromatic carbocycles. The number of methoxy groups -OCH3 is 1. The largest absolute Gasteiger partial charge is 0.467 e. The number of halogens is 1. The van der Waals surface area contributed by atoms with E-state index in [9.17, 15) is 9.18 Å². The average molecular weight is 228 g/mol. The van der Waals surface area contributed by atoms with Crippen LogP contribution in [0.2, 0.25) is 0 Å². The summed E-state index contributed by atoms with van der Waals surface area (Å²) in [6.07, 6.45) is 0. The number of benzene rings is 1. The van der Waals surface area contributed by atoms with E-state index in [1.165, 1.54) is 19.2 Å². The zero-order chi connectivity index (χ0) is 12.0. The average Bonchev–Trinajstić information content (AvgIpc) is 2.26. The van der Waals surface area contributed by atoms with Crippen molar-refractivity contribution in [3.05, 3.63) is 29.6 Å². The lowest BCUT2D eigenvalue weighted by Gasteiger charge is -2.07. The maximum absolute atomic E-state index is 13.4. The van der Waals surface area contributed by atoms with Crippen molar-refractivity contribution in [3.8, 4) is 5.75 Å². The summed E-state index contributed by atoms with van der Waals surface area (Å²) in [7, 11) is 1.46. The lowest BCUT2D eigenvalue weighted by molar-refractivity contribution is 0.0502. The van der Waals surface area contributed by atoms with E-state index in [0.29, 0.717) is 5.75 Å². The fourth-order valence-corrected chi connectivity index (χ4v) is 1.09. The highest BCUT2D eigenvalue weighted by atomic mass is 19.1. The lowest BCUT2D eigenvalue weighted by Crippen LogP contribution is -2.07. The Kier molecular flexibility index (Phi) is 4.72. The van der Waals surface area contributed by atoms with Gasteiger partial charge in [0.25, 0.3) is 0 Å². The molecule has 0 aromatic heterocycles. The monoisotopic (exact) mass is 228 g/mol. The first-order chi connectivity index (χ1) is 7.69. The Morgan fingerprint density at radius 3 is 2.75 bits per heavy atom. The van der Waals surface area contributed by atoms with Gasteiger partial charge in [0.15, 0.2) is 6.79 Å². The quantitative estimate of drug-likeness (QED) is 0.571. The summed E-state index contributed by atoms with van der Waals surface area (Å²) >= 11 is 0. The molecule has 0 amide bonds. The minimum absolute atomic E-state index is 0.0260. The van der Waals surface area contributed by atoms with E-state index in [1.54, 1.807) is 6.92 Å². The van der Waals surface area contributed by atoms with E-state index >= 15 is 0 Å². The molecule has 0 bridgehead atoms. The maximum Gasteiger partial charge on any atom is 0.341 e. The summed E-state index contributed by atoms with van der Waals surface area (Å²) in [5.74, 6) is -1.06. The predicted molar refractivity (Wildman–Crippen MR) is 54.9 cm³/mol. The molecule has 0 aliphatic rings. The SMILES string of the molecule is CCOC(=O)c1ccc(OCOC)cc1F. The van der Waals surface area contributed by atoms with Crippen molar-refractivity contribution in [2.75, 3.05) is 20.5 Å². The maximum atomic E-state index is 13.4. The Hall–Kier alpha value is -1.62. The van der Waals surface area contributed by atoms with Gasteiger partial charge in [-0.05, 0) is 19.1 Å². The Morgan fingerprint density at radius 2 is 2.19 bits per heavy atom. The van der Waals surface area contributed by atoms with Crippen LogP contribution in [0, 0.1) is 5.82 Å². The Balaban J connectivity index is 2.78. The molecular formula is C11H13FO4. The van der Waals surface area contributed by atoms with Crippen molar-refractivity contribution >= 4 is 5.97 Å². The Labute approximate surface area is 92.9 Å². The second-order valence-corrected chi connectivity index (χ2v) is 2.91. The molecule has 0 aliphatic carbocycles. The molecule has 0 radical (unpaired) electrons. The molecule has 1 rings (SSSR count). The van der Waals surface area contributed by atoms with Gasteiger partial charge >= 0.3 is 5.97 Å². The van der Waals surface area contributed by atoms with Crippen LogP contribution in [0.4, 0.5) is 4.39 Å². The van der Waals surface area contributed by atoms with Gasteiger partial charge in [0, 0.05) is 13.2 Å². The summed E-state index contributed by atoms with van der Waals surface area (Å²) in [4.78, 5) is 11.3. The van der Waals surface area contributed by atoms with E-state index in [4.69, 9.17) is 4.74 Å².